The largest absolute Gasteiger partial charge is 0.353 e. The molecule has 2 aromatic heterocycles. The van der Waals surface area contributed by atoms with E-state index in [0.29, 0.717) is 29.5 Å². The first-order valence-electron chi connectivity index (χ1n) is 8.33. The molecule has 2 aromatic carbocycles. The van der Waals surface area contributed by atoms with Crippen molar-refractivity contribution in [2.75, 3.05) is 13.1 Å². The number of para-hydroxylation sites is 1. The zero-order valence-corrected chi connectivity index (χ0v) is 14.7. The summed E-state index contributed by atoms with van der Waals surface area (Å²) in [5.74, 6) is -0.238. The van der Waals surface area contributed by atoms with Crippen molar-refractivity contribution in [3.63, 3.8) is 0 Å². The molecule has 1 amide bonds. The number of pyridine rings is 1. The van der Waals surface area contributed by atoms with Gasteiger partial charge >= 0.3 is 0 Å². The van der Waals surface area contributed by atoms with Gasteiger partial charge in [0.1, 0.15) is 5.69 Å². The van der Waals surface area contributed by atoms with Crippen LogP contribution in [-0.4, -0.2) is 29.0 Å². The van der Waals surface area contributed by atoms with Crippen molar-refractivity contribution in [1.82, 2.24) is 15.3 Å². The molecule has 4 N–H and O–H groups in total. The van der Waals surface area contributed by atoms with Gasteiger partial charge in [-0.05, 0) is 24.3 Å². The smallest absolute Gasteiger partial charge is 0.269 e. The molecule has 0 saturated carbocycles. The molecule has 5 nitrogen and oxygen atoms in total. The Hall–Kier alpha value is -2.89. The lowest BCUT2D eigenvalue weighted by atomic mass is 10.1. The monoisotopic (exact) mass is 364 g/mol. The number of rotatable bonds is 4. The van der Waals surface area contributed by atoms with Gasteiger partial charge in [0.25, 0.3) is 5.91 Å². The van der Waals surface area contributed by atoms with Crippen LogP contribution in [-0.2, 0) is 0 Å². The highest BCUT2D eigenvalue weighted by Crippen LogP contribution is 2.33. The number of carbonyl (C=O) groups excluding carboxylic acids is 1. The summed E-state index contributed by atoms with van der Waals surface area (Å²) >= 11 is 6.02. The fourth-order valence-corrected chi connectivity index (χ4v) is 3.18. The van der Waals surface area contributed by atoms with Gasteiger partial charge in [-0.3, -0.25) is 4.79 Å². The van der Waals surface area contributed by atoms with Crippen LogP contribution in [0.4, 0.5) is 0 Å². The van der Waals surface area contributed by atoms with Crippen molar-refractivity contribution in [3.05, 3.63) is 65.3 Å². The Balaban J connectivity index is 1.98. The number of benzene rings is 2. The normalized spacial score (nSPS) is 11.2. The summed E-state index contributed by atoms with van der Waals surface area (Å²) in [5, 5.41) is 5.44. The number of aromatic amines is 1. The Kier molecular flexibility index (Phi) is 4.32. The maximum Gasteiger partial charge on any atom is 0.269 e. The number of nitrogens with two attached hydrogens (primary N) is 1. The molecule has 4 aromatic rings. The third-order valence-electron chi connectivity index (χ3n) is 4.28. The summed E-state index contributed by atoms with van der Waals surface area (Å²) in [7, 11) is 0. The topological polar surface area (TPSA) is 83.8 Å². The van der Waals surface area contributed by atoms with Crippen LogP contribution >= 0.6 is 11.6 Å². The molecule has 0 aliphatic carbocycles. The van der Waals surface area contributed by atoms with E-state index >= 15 is 0 Å². The number of nitrogens with zero attached hydrogens (tertiary/aromatic N) is 1. The van der Waals surface area contributed by atoms with E-state index in [1.54, 1.807) is 0 Å². The van der Waals surface area contributed by atoms with Crippen LogP contribution in [0, 0.1) is 0 Å². The number of hydrogen-bond donors (Lipinski definition) is 3. The maximum absolute atomic E-state index is 12.5. The minimum atomic E-state index is -0.238. The Morgan fingerprint density at radius 1 is 1.12 bits per heavy atom. The van der Waals surface area contributed by atoms with Crippen LogP contribution < -0.4 is 11.1 Å². The second-order valence-corrected chi connectivity index (χ2v) is 6.44. The fraction of sp³-hybridized carbons (Fsp3) is 0.100. The number of amides is 1. The van der Waals surface area contributed by atoms with Crippen molar-refractivity contribution in [2.45, 2.75) is 0 Å². The lowest BCUT2D eigenvalue weighted by Crippen LogP contribution is -2.29. The number of aromatic nitrogens is 2. The van der Waals surface area contributed by atoms with Gasteiger partial charge in [0.2, 0.25) is 0 Å². The number of hydrogen-bond acceptors (Lipinski definition) is 3. The first-order valence-corrected chi connectivity index (χ1v) is 8.71. The molecule has 0 radical (unpaired) electrons. The van der Waals surface area contributed by atoms with Gasteiger partial charge in [-0.25, -0.2) is 4.98 Å². The molecule has 0 saturated heterocycles. The maximum atomic E-state index is 12.5. The second-order valence-electron chi connectivity index (χ2n) is 6.00. The number of halogens is 1. The average Bonchev–Trinajstić information content (AvgIpc) is 3.05. The lowest BCUT2D eigenvalue weighted by Gasteiger charge is -2.08. The second kappa shape index (κ2) is 6.78. The van der Waals surface area contributed by atoms with E-state index in [9.17, 15) is 4.79 Å². The molecule has 0 aliphatic rings. The van der Waals surface area contributed by atoms with Crippen LogP contribution in [0.2, 0.25) is 5.02 Å². The van der Waals surface area contributed by atoms with Crippen LogP contribution in [0.3, 0.4) is 0 Å². The van der Waals surface area contributed by atoms with Gasteiger partial charge in [0.05, 0.1) is 11.2 Å². The van der Waals surface area contributed by atoms with Crippen molar-refractivity contribution in [1.29, 1.82) is 0 Å². The standard InChI is InChI=1S/C20H17ClN4O/c21-13-7-5-12(6-8-13)18-19-15(14-3-1-2-4-16(14)24-19)11-17(25-18)20(26)23-10-9-22/h1-8,11,24H,9-10,22H2,(H,23,26). The molecule has 0 aliphatic heterocycles. The SMILES string of the molecule is NCCNC(=O)c1cc2c([nH]c3ccccc32)c(-c2ccc(Cl)cc2)n1. The molecule has 6 heteroatoms. The number of carbonyl (C=O) groups is 1. The van der Waals surface area contributed by atoms with Gasteiger partial charge in [0, 0.05) is 40.0 Å². The summed E-state index contributed by atoms with van der Waals surface area (Å²) in [6, 6.07) is 17.2. The molecule has 4 rings (SSSR count). The summed E-state index contributed by atoms with van der Waals surface area (Å²) in [6.45, 7) is 0.786. The summed E-state index contributed by atoms with van der Waals surface area (Å²) < 4.78 is 0. The van der Waals surface area contributed by atoms with Crippen molar-refractivity contribution >= 4 is 39.3 Å². The van der Waals surface area contributed by atoms with Gasteiger partial charge < -0.3 is 16.0 Å². The molecule has 26 heavy (non-hydrogen) atoms. The van der Waals surface area contributed by atoms with Crippen molar-refractivity contribution in [2.24, 2.45) is 5.73 Å². The van der Waals surface area contributed by atoms with E-state index in [2.05, 4.69) is 15.3 Å². The highest BCUT2D eigenvalue weighted by molar-refractivity contribution is 6.30. The molecule has 0 atom stereocenters. The van der Waals surface area contributed by atoms with Crippen molar-refractivity contribution < 1.29 is 4.79 Å². The predicted molar refractivity (Wildman–Crippen MR) is 105 cm³/mol. The summed E-state index contributed by atoms with van der Waals surface area (Å²) in [6.07, 6.45) is 0. The third-order valence-corrected chi connectivity index (χ3v) is 4.53. The van der Waals surface area contributed by atoms with Crippen LogP contribution in [0.1, 0.15) is 10.5 Å². The summed E-state index contributed by atoms with van der Waals surface area (Å²) in [5.41, 5.74) is 9.34. The lowest BCUT2D eigenvalue weighted by molar-refractivity contribution is 0.0950. The Morgan fingerprint density at radius 3 is 2.65 bits per heavy atom. The van der Waals surface area contributed by atoms with E-state index < -0.39 is 0 Å². The molecular weight excluding hydrogens is 348 g/mol. The molecule has 0 unspecified atom stereocenters. The Labute approximate surface area is 155 Å². The minimum Gasteiger partial charge on any atom is -0.353 e. The van der Waals surface area contributed by atoms with E-state index in [1.165, 1.54) is 0 Å². The number of fused-ring (bicyclic) bond motifs is 3. The first-order chi connectivity index (χ1) is 12.7. The molecular formula is C20H17ClN4O. The molecule has 0 spiro atoms. The van der Waals surface area contributed by atoms with Gasteiger partial charge in [-0.15, -0.1) is 0 Å². The van der Waals surface area contributed by atoms with Crippen molar-refractivity contribution in [3.8, 4) is 11.3 Å². The quantitative estimate of drug-likeness (QED) is 0.516. The average molecular weight is 365 g/mol. The highest BCUT2D eigenvalue weighted by Gasteiger charge is 2.16. The molecule has 0 bridgehead atoms. The Bertz CT molecular complexity index is 1100. The Morgan fingerprint density at radius 2 is 1.88 bits per heavy atom. The van der Waals surface area contributed by atoms with Gasteiger partial charge in [0.15, 0.2) is 0 Å². The zero-order valence-electron chi connectivity index (χ0n) is 13.9. The minimum absolute atomic E-state index is 0.238. The molecule has 130 valence electrons. The number of H-pyrrole nitrogens is 1. The van der Waals surface area contributed by atoms with E-state index in [-0.39, 0.29) is 5.91 Å². The van der Waals surface area contributed by atoms with Gasteiger partial charge in [-0.1, -0.05) is 41.9 Å². The van der Waals surface area contributed by atoms with Crippen LogP contribution in [0.15, 0.2) is 54.6 Å². The molecule has 2 heterocycles. The predicted octanol–water partition coefficient (Wildman–Crippen LogP) is 3.73. The molecule has 0 fully saturated rings. The van der Waals surface area contributed by atoms with Crippen LogP contribution in [0.5, 0.6) is 0 Å². The highest BCUT2D eigenvalue weighted by atomic mass is 35.5. The van der Waals surface area contributed by atoms with Crippen LogP contribution in [0.25, 0.3) is 33.1 Å². The van der Waals surface area contributed by atoms with E-state index in [1.807, 2.05) is 54.6 Å². The number of nitrogens with one attached hydrogen (secondary N) is 2. The van der Waals surface area contributed by atoms with E-state index in [0.717, 1.165) is 27.4 Å². The zero-order chi connectivity index (χ0) is 18.1. The van der Waals surface area contributed by atoms with Gasteiger partial charge in [-0.2, -0.15) is 0 Å². The first kappa shape index (κ1) is 16.6. The summed E-state index contributed by atoms with van der Waals surface area (Å²) in [4.78, 5) is 20.5. The third kappa shape index (κ3) is 2.92. The fourth-order valence-electron chi connectivity index (χ4n) is 3.05. The van der Waals surface area contributed by atoms with E-state index in [4.69, 9.17) is 17.3 Å².